The first-order valence-corrected chi connectivity index (χ1v) is 5.76. The van der Waals surface area contributed by atoms with Crippen molar-refractivity contribution in [3.63, 3.8) is 0 Å². The number of aliphatic hydroxyl groups is 1. The van der Waals surface area contributed by atoms with E-state index in [4.69, 9.17) is 10.9 Å². The van der Waals surface area contributed by atoms with Crippen LogP contribution in [0, 0.1) is 0 Å². The van der Waals surface area contributed by atoms with Crippen molar-refractivity contribution >= 4 is 17.7 Å². The molecule has 90 valence electrons. The molecule has 0 aliphatic carbocycles. The van der Waals surface area contributed by atoms with E-state index in [-0.39, 0.29) is 12.6 Å². The summed E-state index contributed by atoms with van der Waals surface area (Å²) in [6, 6.07) is 0. The third-order valence-electron chi connectivity index (χ3n) is 1.79. The number of aromatic nitrogens is 5. The standard InChI is InChI=1S/C8H11N7OS/c9-14-6-11-7(15-2-1-10-5-15)13-8(12-6)17-4-3-16/h1-2,5,16H,3-4,9H2,(H,11,12,13,14). The molecule has 17 heavy (non-hydrogen) atoms. The number of aliphatic hydroxyl groups excluding tert-OH is 1. The molecule has 2 aromatic heterocycles. The number of thioether (sulfide) groups is 1. The highest BCUT2D eigenvalue weighted by molar-refractivity contribution is 7.99. The van der Waals surface area contributed by atoms with E-state index in [2.05, 4.69) is 25.4 Å². The van der Waals surface area contributed by atoms with Gasteiger partial charge in [0.25, 0.3) is 0 Å². The largest absolute Gasteiger partial charge is 0.396 e. The second kappa shape index (κ2) is 5.57. The zero-order valence-corrected chi connectivity index (χ0v) is 9.63. The third kappa shape index (κ3) is 2.90. The lowest BCUT2D eigenvalue weighted by Gasteiger charge is -2.05. The Morgan fingerprint density at radius 2 is 2.29 bits per heavy atom. The van der Waals surface area contributed by atoms with Crippen LogP contribution in [-0.4, -0.2) is 42.0 Å². The van der Waals surface area contributed by atoms with Gasteiger partial charge in [0.15, 0.2) is 5.16 Å². The van der Waals surface area contributed by atoms with Crippen molar-refractivity contribution in [3.8, 4) is 5.95 Å². The summed E-state index contributed by atoms with van der Waals surface area (Å²) in [5.74, 6) is 6.48. The molecule has 0 spiro atoms. The Morgan fingerprint density at radius 1 is 1.41 bits per heavy atom. The molecule has 0 saturated heterocycles. The summed E-state index contributed by atoms with van der Waals surface area (Å²) in [5.41, 5.74) is 2.37. The number of nitrogens with two attached hydrogens (primary N) is 1. The summed E-state index contributed by atoms with van der Waals surface area (Å²) >= 11 is 1.32. The predicted molar refractivity (Wildman–Crippen MR) is 62.6 cm³/mol. The zero-order chi connectivity index (χ0) is 12.1. The van der Waals surface area contributed by atoms with E-state index in [1.807, 2.05) is 0 Å². The molecule has 0 fully saturated rings. The van der Waals surface area contributed by atoms with Crippen LogP contribution < -0.4 is 11.3 Å². The molecule has 0 unspecified atom stereocenters. The van der Waals surface area contributed by atoms with Crippen molar-refractivity contribution < 1.29 is 5.11 Å². The number of hydrogen-bond acceptors (Lipinski definition) is 8. The molecule has 0 bridgehead atoms. The number of nitrogen functional groups attached to an aromatic ring is 1. The minimum atomic E-state index is 0.0577. The van der Waals surface area contributed by atoms with Crippen LogP contribution >= 0.6 is 11.8 Å². The highest BCUT2D eigenvalue weighted by Gasteiger charge is 2.07. The Labute approximate surface area is 101 Å². The van der Waals surface area contributed by atoms with Crippen LogP contribution in [0.5, 0.6) is 0 Å². The molecular weight excluding hydrogens is 242 g/mol. The quantitative estimate of drug-likeness (QED) is 0.368. The molecule has 0 aromatic carbocycles. The van der Waals surface area contributed by atoms with Gasteiger partial charge in [-0.3, -0.25) is 9.99 Å². The molecule has 9 heteroatoms. The fourth-order valence-electron chi connectivity index (χ4n) is 1.10. The van der Waals surface area contributed by atoms with Crippen molar-refractivity contribution in [1.82, 2.24) is 24.5 Å². The summed E-state index contributed by atoms with van der Waals surface area (Å²) in [5, 5.41) is 9.25. The third-order valence-corrected chi connectivity index (χ3v) is 2.62. The Morgan fingerprint density at radius 3 is 2.94 bits per heavy atom. The van der Waals surface area contributed by atoms with Gasteiger partial charge < -0.3 is 5.11 Å². The van der Waals surface area contributed by atoms with Crippen molar-refractivity contribution in [1.29, 1.82) is 0 Å². The Kier molecular flexibility index (Phi) is 3.85. The lowest BCUT2D eigenvalue weighted by Crippen LogP contribution is -2.14. The van der Waals surface area contributed by atoms with E-state index in [0.717, 1.165) is 0 Å². The van der Waals surface area contributed by atoms with Gasteiger partial charge in [-0.05, 0) is 0 Å². The Balaban J connectivity index is 2.32. The first kappa shape index (κ1) is 11.8. The summed E-state index contributed by atoms with van der Waals surface area (Å²) in [7, 11) is 0. The number of nitrogens with one attached hydrogen (secondary N) is 1. The van der Waals surface area contributed by atoms with Crippen molar-refractivity contribution in [3.05, 3.63) is 18.7 Å². The summed E-state index contributed by atoms with van der Waals surface area (Å²) in [6.07, 6.45) is 4.92. The van der Waals surface area contributed by atoms with E-state index >= 15 is 0 Å². The molecule has 2 rings (SSSR count). The molecule has 0 amide bonds. The predicted octanol–water partition coefficient (Wildman–Crippen LogP) is -0.573. The molecular formula is C8H11N7OS. The molecule has 8 nitrogen and oxygen atoms in total. The van der Waals surface area contributed by atoms with Crippen LogP contribution in [-0.2, 0) is 0 Å². The lowest BCUT2D eigenvalue weighted by molar-refractivity contribution is 0.322. The maximum Gasteiger partial charge on any atom is 0.242 e. The molecule has 2 aromatic rings. The second-order valence-electron chi connectivity index (χ2n) is 2.93. The van der Waals surface area contributed by atoms with Crippen LogP contribution in [0.15, 0.2) is 23.9 Å². The van der Waals surface area contributed by atoms with Crippen LogP contribution in [0.25, 0.3) is 5.95 Å². The van der Waals surface area contributed by atoms with Gasteiger partial charge >= 0.3 is 0 Å². The van der Waals surface area contributed by atoms with Gasteiger partial charge in [-0.2, -0.15) is 15.0 Å². The molecule has 2 heterocycles. The van der Waals surface area contributed by atoms with Gasteiger partial charge in [-0.25, -0.2) is 10.8 Å². The van der Waals surface area contributed by atoms with Gasteiger partial charge in [0, 0.05) is 18.1 Å². The number of hydrazine groups is 1. The van der Waals surface area contributed by atoms with Crippen LogP contribution in [0.3, 0.4) is 0 Å². The molecule has 0 aliphatic heterocycles. The lowest BCUT2D eigenvalue weighted by atomic mass is 10.8. The first-order chi connectivity index (χ1) is 8.33. The van der Waals surface area contributed by atoms with Crippen LogP contribution in [0.4, 0.5) is 5.95 Å². The molecule has 0 saturated carbocycles. The van der Waals surface area contributed by atoms with Crippen molar-refractivity contribution in [2.24, 2.45) is 5.84 Å². The van der Waals surface area contributed by atoms with E-state index < -0.39 is 0 Å². The normalized spacial score (nSPS) is 10.5. The summed E-state index contributed by atoms with van der Waals surface area (Å²) in [4.78, 5) is 16.3. The van der Waals surface area contributed by atoms with E-state index in [9.17, 15) is 0 Å². The van der Waals surface area contributed by atoms with E-state index in [1.54, 1.807) is 23.3 Å². The van der Waals surface area contributed by atoms with Crippen LogP contribution in [0.2, 0.25) is 0 Å². The topological polar surface area (TPSA) is 115 Å². The number of rotatable bonds is 5. The number of anilines is 1. The fraction of sp³-hybridized carbons (Fsp3) is 0.250. The van der Waals surface area contributed by atoms with E-state index in [0.29, 0.717) is 16.9 Å². The van der Waals surface area contributed by atoms with Crippen molar-refractivity contribution in [2.75, 3.05) is 17.8 Å². The van der Waals surface area contributed by atoms with Gasteiger partial charge in [0.05, 0.1) is 6.61 Å². The highest BCUT2D eigenvalue weighted by Crippen LogP contribution is 2.15. The average molecular weight is 253 g/mol. The molecule has 0 atom stereocenters. The van der Waals surface area contributed by atoms with Gasteiger partial charge in [-0.1, -0.05) is 11.8 Å². The highest BCUT2D eigenvalue weighted by atomic mass is 32.2. The monoisotopic (exact) mass is 253 g/mol. The molecule has 0 aliphatic rings. The summed E-state index contributed by atoms with van der Waals surface area (Å²) < 4.78 is 1.64. The van der Waals surface area contributed by atoms with Gasteiger partial charge in [-0.15, -0.1) is 0 Å². The number of hydrogen-bond donors (Lipinski definition) is 3. The summed E-state index contributed by atoms with van der Waals surface area (Å²) in [6.45, 7) is 0.0577. The smallest absolute Gasteiger partial charge is 0.242 e. The zero-order valence-electron chi connectivity index (χ0n) is 8.82. The Hall–Kier alpha value is -1.71. The molecule has 4 N–H and O–H groups in total. The van der Waals surface area contributed by atoms with Crippen LogP contribution in [0.1, 0.15) is 0 Å². The SMILES string of the molecule is NNc1nc(SCCO)nc(-n2ccnc2)n1. The Bertz CT molecular complexity index is 475. The van der Waals surface area contributed by atoms with E-state index in [1.165, 1.54) is 11.8 Å². The van der Waals surface area contributed by atoms with Crippen molar-refractivity contribution in [2.45, 2.75) is 5.16 Å². The average Bonchev–Trinajstić information content (AvgIpc) is 2.89. The second-order valence-corrected chi connectivity index (χ2v) is 3.99. The number of nitrogens with zero attached hydrogens (tertiary/aromatic N) is 5. The molecule has 0 radical (unpaired) electrons. The number of imidazole rings is 1. The minimum absolute atomic E-state index is 0.0577. The van der Waals surface area contributed by atoms with Gasteiger partial charge in [0.1, 0.15) is 6.33 Å². The first-order valence-electron chi connectivity index (χ1n) is 4.78. The minimum Gasteiger partial charge on any atom is -0.396 e. The maximum atomic E-state index is 8.76. The fourth-order valence-corrected chi connectivity index (χ4v) is 1.68. The maximum absolute atomic E-state index is 8.76. The van der Waals surface area contributed by atoms with Gasteiger partial charge in [0.2, 0.25) is 11.9 Å².